The summed E-state index contributed by atoms with van der Waals surface area (Å²) in [5.41, 5.74) is 3.03. The van der Waals surface area contributed by atoms with E-state index in [1.807, 2.05) is 48.2 Å². The monoisotopic (exact) mass is 356 g/mol. The predicted octanol–water partition coefficient (Wildman–Crippen LogP) is 5.74. The van der Waals surface area contributed by atoms with Crippen LogP contribution in [0.4, 0.5) is 0 Å². The molecule has 0 amide bonds. The van der Waals surface area contributed by atoms with Gasteiger partial charge in [-0.15, -0.1) is 11.8 Å². The minimum absolute atomic E-state index is 0.868. The van der Waals surface area contributed by atoms with Crippen LogP contribution in [0.5, 0.6) is 5.75 Å². The SMILES string of the molecule is CCCCCSc1cc(-c2cccc(C=CC(=O)O)c2)ccc1OC. The Hall–Kier alpha value is -2.20. The van der Waals surface area contributed by atoms with Gasteiger partial charge in [0.05, 0.1) is 7.11 Å². The second kappa shape index (κ2) is 9.94. The van der Waals surface area contributed by atoms with Gasteiger partial charge in [0.1, 0.15) is 5.75 Å². The van der Waals surface area contributed by atoms with E-state index in [1.54, 1.807) is 13.2 Å². The van der Waals surface area contributed by atoms with E-state index < -0.39 is 5.97 Å². The standard InChI is InChI=1S/C21H24O3S/c1-3-4-5-13-25-20-15-18(10-11-19(20)24-2)17-8-6-7-16(14-17)9-12-21(22)23/h6-12,14-15H,3-5,13H2,1-2H3,(H,22,23). The number of ether oxygens (including phenoxy) is 1. The first-order valence-electron chi connectivity index (χ1n) is 8.46. The van der Waals surface area contributed by atoms with Crippen molar-refractivity contribution in [2.45, 2.75) is 31.1 Å². The molecule has 0 fully saturated rings. The lowest BCUT2D eigenvalue weighted by molar-refractivity contribution is -0.131. The van der Waals surface area contributed by atoms with Crippen LogP contribution >= 0.6 is 11.8 Å². The molecule has 2 aromatic carbocycles. The summed E-state index contributed by atoms with van der Waals surface area (Å²) in [7, 11) is 1.70. The number of rotatable bonds is 9. The maximum atomic E-state index is 10.7. The lowest BCUT2D eigenvalue weighted by atomic mass is 10.0. The first-order chi connectivity index (χ1) is 12.1. The fourth-order valence-electron chi connectivity index (χ4n) is 2.49. The maximum Gasteiger partial charge on any atom is 0.328 e. The molecule has 0 aromatic heterocycles. The molecule has 1 N–H and O–H groups in total. The topological polar surface area (TPSA) is 46.5 Å². The number of carbonyl (C=O) groups is 1. The highest BCUT2D eigenvalue weighted by Crippen LogP contribution is 2.34. The van der Waals surface area contributed by atoms with Crippen molar-refractivity contribution < 1.29 is 14.6 Å². The molecule has 0 aliphatic carbocycles. The smallest absolute Gasteiger partial charge is 0.328 e. The quantitative estimate of drug-likeness (QED) is 0.353. The Labute approximate surface area is 153 Å². The molecular weight excluding hydrogens is 332 g/mol. The third kappa shape index (κ3) is 5.98. The average molecular weight is 356 g/mol. The summed E-state index contributed by atoms with van der Waals surface area (Å²) < 4.78 is 5.48. The Balaban J connectivity index is 2.23. The number of hydrogen-bond acceptors (Lipinski definition) is 3. The molecule has 0 bridgehead atoms. The fourth-order valence-corrected chi connectivity index (χ4v) is 3.56. The lowest BCUT2D eigenvalue weighted by Gasteiger charge is -2.11. The van der Waals surface area contributed by atoms with Crippen molar-refractivity contribution in [2.75, 3.05) is 12.9 Å². The fraction of sp³-hybridized carbons (Fsp3) is 0.286. The summed E-state index contributed by atoms with van der Waals surface area (Å²) in [6.07, 6.45) is 6.42. The van der Waals surface area contributed by atoms with Crippen molar-refractivity contribution in [3.8, 4) is 16.9 Å². The van der Waals surface area contributed by atoms with Gasteiger partial charge in [-0.25, -0.2) is 4.79 Å². The highest BCUT2D eigenvalue weighted by atomic mass is 32.2. The predicted molar refractivity (Wildman–Crippen MR) is 105 cm³/mol. The number of hydrogen-bond donors (Lipinski definition) is 1. The number of aliphatic carboxylic acids is 1. The summed E-state index contributed by atoms with van der Waals surface area (Å²) in [5.74, 6) is 1.03. The summed E-state index contributed by atoms with van der Waals surface area (Å²) in [6, 6.07) is 14.0. The Morgan fingerprint density at radius 3 is 2.68 bits per heavy atom. The zero-order valence-electron chi connectivity index (χ0n) is 14.7. The van der Waals surface area contributed by atoms with E-state index >= 15 is 0 Å². The summed E-state index contributed by atoms with van der Waals surface area (Å²) in [6.45, 7) is 2.21. The molecule has 0 aliphatic rings. The minimum Gasteiger partial charge on any atom is -0.496 e. The zero-order chi connectivity index (χ0) is 18.1. The summed E-state index contributed by atoms with van der Waals surface area (Å²) in [5, 5.41) is 8.77. The molecule has 3 nitrogen and oxygen atoms in total. The molecule has 0 saturated carbocycles. The molecule has 0 atom stereocenters. The van der Waals surface area contributed by atoms with E-state index in [1.165, 1.54) is 19.3 Å². The van der Waals surface area contributed by atoms with Gasteiger partial charge in [0.15, 0.2) is 0 Å². The van der Waals surface area contributed by atoms with E-state index in [0.717, 1.165) is 39.2 Å². The molecule has 4 heteroatoms. The van der Waals surface area contributed by atoms with E-state index in [2.05, 4.69) is 13.0 Å². The molecular formula is C21H24O3S. The van der Waals surface area contributed by atoms with Crippen LogP contribution in [0.25, 0.3) is 17.2 Å². The normalized spacial score (nSPS) is 11.0. The molecule has 0 radical (unpaired) electrons. The van der Waals surface area contributed by atoms with Crippen molar-refractivity contribution in [3.05, 3.63) is 54.1 Å². The minimum atomic E-state index is -0.944. The van der Waals surface area contributed by atoms with E-state index in [9.17, 15) is 4.79 Å². The van der Waals surface area contributed by atoms with Gasteiger partial charge in [0.25, 0.3) is 0 Å². The lowest BCUT2D eigenvalue weighted by Crippen LogP contribution is -1.90. The van der Waals surface area contributed by atoms with Gasteiger partial charge in [-0.05, 0) is 53.1 Å². The van der Waals surface area contributed by atoms with Crippen LogP contribution in [-0.2, 0) is 4.79 Å². The van der Waals surface area contributed by atoms with Crippen molar-refractivity contribution in [1.29, 1.82) is 0 Å². The van der Waals surface area contributed by atoms with Crippen molar-refractivity contribution in [2.24, 2.45) is 0 Å². The molecule has 0 spiro atoms. The first-order valence-corrected chi connectivity index (χ1v) is 9.45. The molecule has 0 unspecified atom stereocenters. The third-order valence-corrected chi connectivity index (χ3v) is 4.93. The second-order valence-electron chi connectivity index (χ2n) is 5.72. The molecule has 25 heavy (non-hydrogen) atoms. The van der Waals surface area contributed by atoms with Gasteiger partial charge in [-0.1, -0.05) is 44.0 Å². The third-order valence-electron chi connectivity index (χ3n) is 3.81. The highest BCUT2D eigenvalue weighted by molar-refractivity contribution is 7.99. The Kier molecular flexibility index (Phi) is 7.61. The highest BCUT2D eigenvalue weighted by Gasteiger charge is 2.07. The van der Waals surface area contributed by atoms with Gasteiger partial charge >= 0.3 is 5.97 Å². The van der Waals surface area contributed by atoms with Crippen LogP contribution in [0, 0.1) is 0 Å². The van der Waals surface area contributed by atoms with Gasteiger partial charge in [0.2, 0.25) is 0 Å². The molecule has 0 aliphatic heterocycles. The van der Waals surface area contributed by atoms with E-state index in [-0.39, 0.29) is 0 Å². The number of carboxylic acids is 1. The molecule has 0 saturated heterocycles. The largest absolute Gasteiger partial charge is 0.496 e. The van der Waals surface area contributed by atoms with Gasteiger partial charge in [-0.2, -0.15) is 0 Å². The number of unbranched alkanes of at least 4 members (excludes halogenated alkanes) is 2. The van der Waals surface area contributed by atoms with Gasteiger partial charge in [0, 0.05) is 11.0 Å². The molecule has 132 valence electrons. The number of methoxy groups -OCH3 is 1. The Bertz CT molecular complexity index is 738. The van der Waals surface area contributed by atoms with Crippen molar-refractivity contribution in [1.82, 2.24) is 0 Å². The number of carboxylic acid groups (broad SMARTS) is 1. The van der Waals surface area contributed by atoms with Crippen LogP contribution in [-0.4, -0.2) is 23.9 Å². The second-order valence-corrected chi connectivity index (χ2v) is 6.85. The zero-order valence-corrected chi connectivity index (χ0v) is 15.5. The van der Waals surface area contributed by atoms with Crippen LogP contribution < -0.4 is 4.74 Å². The van der Waals surface area contributed by atoms with Crippen LogP contribution in [0.15, 0.2) is 53.4 Å². The number of thioether (sulfide) groups is 1. The summed E-state index contributed by atoms with van der Waals surface area (Å²) in [4.78, 5) is 11.8. The van der Waals surface area contributed by atoms with Crippen molar-refractivity contribution in [3.63, 3.8) is 0 Å². The number of benzene rings is 2. The van der Waals surface area contributed by atoms with Crippen LogP contribution in [0.1, 0.15) is 31.7 Å². The molecule has 2 rings (SSSR count). The van der Waals surface area contributed by atoms with E-state index in [0.29, 0.717) is 0 Å². The molecule has 0 heterocycles. The Morgan fingerprint density at radius 1 is 1.16 bits per heavy atom. The average Bonchev–Trinajstić information content (AvgIpc) is 2.63. The Morgan fingerprint density at radius 2 is 1.96 bits per heavy atom. The van der Waals surface area contributed by atoms with Gasteiger partial charge < -0.3 is 9.84 Å². The van der Waals surface area contributed by atoms with Crippen LogP contribution in [0.3, 0.4) is 0 Å². The van der Waals surface area contributed by atoms with Gasteiger partial charge in [-0.3, -0.25) is 0 Å². The van der Waals surface area contributed by atoms with E-state index in [4.69, 9.17) is 9.84 Å². The molecule has 2 aromatic rings. The maximum absolute atomic E-state index is 10.7. The summed E-state index contributed by atoms with van der Waals surface area (Å²) >= 11 is 1.82. The first kappa shape index (κ1) is 19.1. The van der Waals surface area contributed by atoms with Crippen molar-refractivity contribution >= 4 is 23.8 Å². The van der Waals surface area contributed by atoms with Crippen LogP contribution in [0.2, 0.25) is 0 Å².